The first-order valence-corrected chi connectivity index (χ1v) is 11.3. The molecule has 0 rings (SSSR count). The topological polar surface area (TPSA) is 133 Å². The van der Waals surface area contributed by atoms with Gasteiger partial charge in [-0.2, -0.15) is 0 Å². The average molecular weight is 459 g/mol. The molecule has 0 aromatic rings. The van der Waals surface area contributed by atoms with Crippen molar-refractivity contribution in [2.45, 2.75) is 84.7 Å². The molecule has 0 saturated heterocycles. The second-order valence-electron chi connectivity index (χ2n) is 8.04. The van der Waals surface area contributed by atoms with E-state index in [4.69, 9.17) is 19.3 Å². The zero-order chi connectivity index (χ0) is 24.4. The molecular weight excluding hydrogens is 420 g/mol. The summed E-state index contributed by atoms with van der Waals surface area (Å²) in [4.78, 5) is 57.8. The van der Waals surface area contributed by atoms with Crippen molar-refractivity contribution in [2.75, 3.05) is 19.8 Å². The summed E-state index contributed by atoms with van der Waals surface area (Å²) in [6.45, 7) is 5.12. The van der Waals surface area contributed by atoms with Crippen LogP contribution in [0.1, 0.15) is 78.6 Å². The number of carbonyl (C=O) groups excluding carboxylic acids is 5. The number of ether oxygens (including phenoxy) is 3. The Morgan fingerprint density at radius 2 is 1.53 bits per heavy atom. The molecule has 0 fully saturated rings. The van der Waals surface area contributed by atoms with Crippen LogP contribution in [0, 0.1) is 11.8 Å². The number of aliphatic hydroxyl groups excluding tert-OH is 1. The van der Waals surface area contributed by atoms with Crippen LogP contribution in [-0.2, 0) is 38.2 Å². The van der Waals surface area contributed by atoms with Gasteiger partial charge >= 0.3 is 17.9 Å². The van der Waals surface area contributed by atoms with E-state index in [0.29, 0.717) is 44.8 Å². The maximum atomic E-state index is 12.1. The lowest BCUT2D eigenvalue weighted by Gasteiger charge is -2.15. The normalized spacial score (nSPS) is 12.7. The fourth-order valence-corrected chi connectivity index (χ4v) is 3.01. The Labute approximate surface area is 190 Å². The summed E-state index contributed by atoms with van der Waals surface area (Å²) in [6.07, 6.45) is 3.38. The molecule has 0 bridgehead atoms. The van der Waals surface area contributed by atoms with Gasteiger partial charge in [0.2, 0.25) is 0 Å². The van der Waals surface area contributed by atoms with E-state index in [9.17, 15) is 24.0 Å². The Balaban J connectivity index is 4.03. The molecule has 0 amide bonds. The third kappa shape index (κ3) is 15.5. The molecule has 0 aliphatic carbocycles. The van der Waals surface area contributed by atoms with Gasteiger partial charge in [0.15, 0.2) is 0 Å². The van der Waals surface area contributed by atoms with Crippen molar-refractivity contribution in [2.24, 2.45) is 11.8 Å². The first-order chi connectivity index (χ1) is 15.2. The summed E-state index contributed by atoms with van der Waals surface area (Å²) >= 11 is 0. The van der Waals surface area contributed by atoms with Gasteiger partial charge in [0.05, 0.1) is 31.2 Å². The van der Waals surface area contributed by atoms with Crippen LogP contribution in [0.25, 0.3) is 0 Å². The third-order valence-corrected chi connectivity index (χ3v) is 4.62. The number of aldehydes is 1. The first kappa shape index (κ1) is 29.7. The minimum Gasteiger partial charge on any atom is -0.466 e. The largest absolute Gasteiger partial charge is 0.466 e. The highest BCUT2D eigenvalue weighted by Gasteiger charge is 2.22. The van der Waals surface area contributed by atoms with E-state index in [1.807, 2.05) is 0 Å². The molecule has 0 aromatic carbocycles. The van der Waals surface area contributed by atoms with E-state index >= 15 is 0 Å². The van der Waals surface area contributed by atoms with Crippen LogP contribution in [0.2, 0.25) is 0 Å². The minimum absolute atomic E-state index is 0.0520. The summed E-state index contributed by atoms with van der Waals surface area (Å²) in [5, 5.41) is 8.90. The van der Waals surface area contributed by atoms with Crippen molar-refractivity contribution in [3.05, 3.63) is 0 Å². The van der Waals surface area contributed by atoms with Gasteiger partial charge in [-0.05, 0) is 59.3 Å². The van der Waals surface area contributed by atoms with Crippen molar-refractivity contribution < 1.29 is 43.3 Å². The summed E-state index contributed by atoms with van der Waals surface area (Å²) in [6, 6.07) is 0. The lowest BCUT2D eigenvalue weighted by molar-refractivity contribution is -0.153. The van der Waals surface area contributed by atoms with Gasteiger partial charge in [-0.1, -0.05) is 0 Å². The zero-order valence-corrected chi connectivity index (χ0v) is 19.5. The molecule has 0 spiro atoms. The molecular formula is C23H38O9. The smallest absolute Gasteiger partial charge is 0.309 e. The molecule has 9 heteroatoms. The highest BCUT2D eigenvalue weighted by molar-refractivity contribution is 5.82. The molecule has 0 heterocycles. The summed E-state index contributed by atoms with van der Waals surface area (Å²) in [5.74, 6) is -2.46. The molecule has 0 aromatic heterocycles. The van der Waals surface area contributed by atoms with E-state index in [0.717, 1.165) is 0 Å². The lowest BCUT2D eigenvalue weighted by atomic mass is 9.98. The third-order valence-electron chi connectivity index (χ3n) is 4.62. The van der Waals surface area contributed by atoms with Crippen molar-refractivity contribution in [1.29, 1.82) is 0 Å². The number of ketones is 1. The van der Waals surface area contributed by atoms with Crippen molar-refractivity contribution in [3.8, 4) is 0 Å². The van der Waals surface area contributed by atoms with E-state index < -0.39 is 23.8 Å². The van der Waals surface area contributed by atoms with Gasteiger partial charge in [-0.25, -0.2) is 0 Å². The fraction of sp³-hybridized carbons (Fsp3) is 0.783. The Hall–Kier alpha value is -2.29. The molecule has 184 valence electrons. The highest BCUT2D eigenvalue weighted by Crippen LogP contribution is 2.15. The van der Waals surface area contributed by atoms with Crippen LogP contribution in [0.3, 0.4) is 0 Å². The van der Waals surface area contributed by atoms with Crippen molar-refractivity contribution in [3.63, 3.8) is 0 Å². The molecule has 0 aliphatic rings. The van der Waals surface area contributed by atoms with Crippen LogP contribution in [-0.4, -0.2) is 61.0 Å². The molecule has 32 heavy (non-hydrogen) atoms. The molecule has 1 N–H and O–H groups in total. The van der Waals surface area contributed by atoms with Gasteiger partial charge < -0.3 is 28.9 Å². The predicted molar refractivity (Wildman–Crippen MR) is 116 cm³/mol. The molecule has 9 nitrogen and oxygen atoms in total. The number of hydrogen-bond acceptors (Lipinski definition) is 9. The van der Waals surface area contributed by atoms with Crippen LogP contribution < -0.4 is 0 Å². The Kier molecular flexibility index (Phi) is 17.0. The second-order valence-corrected chi connectivity index (χ2v) is 8.04. The minimum atomic E-state index is -0.550. The highest BCUT2D eigenvalue weighted by atomic mass is 16.5. The van der Waals surface area contributed by atoms with Crippen LogP contribution in [0.4, 0.5) is 0 Å². The van der Waals surface area contributed by atoms with Gasteiger partial charge in [-0.3, -0.25) is 14.4 Å². The van der Waals surface area contributed by atoms with Gasteiger partial charge in [0.1, 0.15) is 12.1 Å². The van der Waals surface area contributed by atoms with Gasteiger partial charge in [0, 0.05) is 25.9 Å². The van der Waals surface area contributed by atoms with Crippen molar-refractivity contribution >= 4 is 30.0 Å². The molecule has 0 radical (unpaired) electrons. The molecule has 0 aliphatic heterocycles. The van der Waals surface area contributed by atoms with E-state index in [2.05, 4.69) is 0 Å². The van der Waals surface area contributed by atoms with Crippen LogP contribution >= 0.6 is 0 Å². The lowest BCUT2D eigenvalue weighted by Crippen LogP contribution is -2.22. The molecule has 2 atom stereocenters. The van der Waals surface area contributed by atoms with Crippen LogP contribution in [0.15, 0.2) is 0 Å². The Bertz CT molecular complexity index is 586. The number of unbranched alkanes of at least 4 members (excludes halogenated alkanes) is 1. The maximum absolute atomic E-state index is 12.1. The van der Waals surface area contributed by atoms with E-state index in [-0.39, 0.29) is 56.9 Å². The standard InChI is InChI=1S/C23H38O9/c1-17(2)32-23(29)19(11-13-25)9-7-15-30-21(27)10-4-5-14-31-22(28)20(8-6-12-24)16-18(3)26/h13,17,19-20,24H,4-12,14-16H2,1-3H3. The quantitative estimate of drug-likeness (QED) is 0.134. The molecule has 2 unspecified atom stereocenters. The fourth-order valence-electron chi connectivity index (χ4n) is 3.01. The van der Waals surface area contributed by atoms with Crippen molar-refractivity contribution in [1.82, 2.24) is 0 Å². The number of aliphatic hydroxyl groups is 1. The van der Waals surface area contributed by atoms with Crippen LogP contribution in [0.5, 0.6) is 0 Å². The summed E-state index contributed by atoms with van der Waals surface area (Å²) < 4.78 is 15.4. The number of hydrogen-bond donors (Lipinski definition) is 1. The average Bonchev–Trinajstić information content (AvgIpc) is 2.72. The van der Waals surface area contributed by atoms with Gasteiger partial charge in [-0.15, -0.1) is 0 Å². The maximum Gasteiger partial charge on any atom is 0.309 e. The number of carbonyl (C=O) groups is 5. The van der Waals surface area contributed by atoms with Gasteiger partial charge in [0.25, 0.3) is 0 Å². The number of rotatable bonds is 19. The number of esters is 3. The Morgan fingerprint density at radius 1 is 0.875 bits per heavy atom. The number of Topliss-reactive ketones (excluding diaryl/α,β-unsaturated/α-hetero) is 1. The summed E-state index contributed by atoms with van der Waals surface area (Å²) in [5.41, 5.74) is 0. The zero-order valence-electron chi connectivity index (χ0n) is 19.5. The SMILES string of the molecule is CC(=O)CC(CCCO)C(=O)OCCCCC(=O)OCCCC(CC=O)C(=O)OC(C)C. The summed E-state index contributed by atoms with van der Waals surface area (Å²) in [7, 11) is 0. The first-order valence-electron chi connectivity index (χ1n) is 11.3. The molecule has 0 saturated carbocycles. The predicted octanol–water partition coefficient (Wildman–Crippen LogP) is 2.55. The van der Waals surface area contributed by atoms with E-state index in [1.165, 1.54) is 6.92 Å². The van der Waals surface area contributed by atoms with E-state index in [1.54, 1.807) is 13.8 Å². The Morgan fingerprint density at radius 3 is 2.12 bits per heavy atom. The second kappa shape index (κ2) is 18.3. The monoisotopic (exact) mass is 458 g/mol.